The Bertz CT molecular complexity index is 1070. The maximum atomic E-state index is 12.8. The zero-order valence-electron chi connectivity index (χ0n) is 18.5. The Kier molecular flexibility index (Phi) is 7.78. The van der Waals surface area contributed by atoms with Crippen molar-refractivity contribution in [2.45, 2.75) is 18.7 Å². The molecule has 0 spiro atoms. The van der Waals surface area contributed by atoms with Crippen LogP contribution in [0.15, 0.2) is 65.6 Å². The number of ether oxygens (including phenoxy) is 2. The van der Waals surface area contributed by atoms with Crippen molar-refractivity contribution in [2.75, 3.05) is 30.6 Å². The highest BCUT2D eigenvalue weighted by atomic mass is 32.2. The number of hydrogen-bond acceptors (Lipinski definition) is 5. The highest BCUT2D eigenvalue weighted by Gasteiger charge is 2.18. The molecular formula is C25H26N2O4S. The third kappa shape index (κ3) is 5.62. The summed E-state index contributed by atoms with van der Waals surface area (Å²) in [6.07, 6.45) is 0. The van der Waals surface area contributed by atoms with E-state index in [2.05, 4.69) is 10.6 Å². The zero-order valence-corrected chi connectivity index (χ0v) is 19.3. The van der Waals surface area contributed by atoms with E-state index in [9.17, 15) is 9.59 Å². The van der Waals surface area contributed by atoms with E-state index in [1.165, 1.54) is 26.0 Å². The van der Waals surface area contributed by atoms with Gasteiger partial charge >= 0.3 is 0 Å². The summed E-state index contributed by atoms with van der Waals surface area (Å²) in [5.41, 5.74) is 3.90. The molecule has 0 radical (unpaired) electrons. The molecule has 2 N–H and O–H groups in total. The molecule has 0 bridgehead atoms. The van der Waals surface area contributed by atoms with Crippen LogP contribution in [0, 0.1) is 13.8 Å². The SMILES string of the molecule is COc1cccc(OC)c1C(=O)Nc1ccc(SCC(=O)Nc2c(C)cccc2C)cc1. The van der Waals surface area contributed by atoms with E-state index in [0.717, 1.165) is 21.7 Å². The number of hydrogen-bond donors (Lipinski definition) is 2. The lowest BCUT2D eigenvalue weighted by Crippen LogP contribution is -2.15. The third-order valence-corrected chi connectivity index (χ3v) is 5.89. The fourth-order valence-corrected chi connectivity index (χ4v) is 3.94. The van der Waals surface area contributed by atoms with Crippen molar-refractivity contribution in [2.24, 2.45) is 0 Å². The molecule has 0 unspecified atom stereocenters. The number of carbonyl (C=O) groups excluding carboxylic acids is 2. The van der Waals surface area contributed by atoms with E-state index < -0.39 is 0 Å². The number of anilines is 2. The van der Waals surface area contributed by atoms with Gasteiger partial charge in [0.15, 0.2) is 0 Å². The monoisotopic (exact) mass is 450 g/mol. The predicted molar refractivity (Wildman–Crippen MR) is 129 cm³/mol. The van der Waals surface area contributed by atoms with Crippen LogP contribution in [0.2, 0.25) is 0 Å². The van der Waals surface area contributed by atoms with Crippen molar-refractivity contribution in [3.63, 3.8) is 0 Å². The fourth-order valence-electron chi connectivity index (χ4n) is 3.24. The van der Waals surface area contributed by atoms with Gasteiger partial charge in [-0.3, -0.25) is 9.59 Å². The molecule has 0 aliphatic carbocycles. The van der Waals surface area contributed by atoms with Gasteiger partial charge in [-0.25, -0.2) is 0 Å². The molecule has 3 aromatic carbocycles. The molecule has 166 valence electrons. The molecule has 0 fully saturated rings. The maximum absolute atomic E-state index is 12.8. The first-order valence-electron chi connectivity index (χ1n) is 10.0. The summed E-state index contributed by atoms with van der Waals surface area (Å²) in [4.78, 5) is 26.1. The molecular weight excluding hydrogens is 424 g/mol. The zero-order chi connectivity index (χ0) is 23.1. The van der Waals surface area contributed by atoms with E-state index >= 15 is 0 Å². The number of carbonyl (C=O) groups is 2. The minimum atomic E-state index is -0.326. The molecule has 0 heterocycles. The van der Waals surface area contributed by atoms with Crippen molar-refractivity contribution >= 4 is 35.0 Å². The average molecular weight is 451 g/mol. The van der Waals surface area contributed by atoms with Crippen molar-refractivity contribution in [3.05, 3.63) is 77.4 Å². The number of methoxy groups -OCH3 is 2. The van der Waals surface area contributed by atoms with Crippen molar-refractivity contribution in [1.29, 1.82) is 0 Å². The lowest BCUT2D eigenvalue weighted by atomic mass is 10.1. The van der Waals surface area contributed by atoms with E-state index in [1.807, 2.05) is 44.2 Å². The molecule has 7 heteroatoms. The molecule has 0 aliphatic heterocycles. The molecule has 0 aliphatic rings. The van der Waals surface area contributed by atoms with Crippen LogP contribution < -0.4 is 20.1 Å². The summed E-state index contributed by atoms with van der Waals surface area (Å²) in [5, 5.41) is 5.84. The maximum Gasteiger partial charge on any atom is 0.263 e. The highest BCUT2D eigenvalue weighted by Crippen LogP contribution is 2.29. The second-order valence-corrected chi connectivity index (χ2v) is 8.17. The lowest BCUT2D eigenvalue weighted by Gasteiger charge is -2.13. The predicted octanol–water partition coefficient (Wildman–Crippen LogP) is 5.30. The van der Waals surface area contributed by atoms with Gasteiger partial charge in [-0.2, -0.15) is 0 Å². The quantitative estimate of drug-likeness (QED) is 0.455. The second kappa shape index (κ2) is 10.7. The number of nitrogens with one attached hydrogen (secondary N) is 2. The smallest absolute Gasteiger partial charge is 0.263 e. The van der Waals surface area contributed by atoms with Gasteiger partial charge in [0.25, 0.3) is 5.91 Å². The summed E-state index contributed by atoms with van der Waals surface area (Å²) >= 11 is 1.43. The van der Waals surface area contributed by atoms with Gasteiger partial charge in [-0.1, -0.05) is 24.3 Å². The number of benzene rings is 3. The molecule has 3 rings (SSSR count). The summed E-state index contributed by atoms with van der Waals surface area (Å²) in [6, 6.07) is 18.4. The van der Waals surface area contributed by atoms with Gasteiger partial charge in [-0.15, -0.1) is 11.8 Å². The summed E-state index contributed by atoms with van der Waals surface area (Å²) < 4.78 is 10.6. The lowest BCUT2D eigenvalue weighted by molar-refractivity contribution is -0.113. The average Bonchev–Trinajstić information content (AvgIpc) is 2.80. The summed E-state index contributed by atoms with van der Waals surface area (Å²) in [5.74, 6) is 0.770. The van der Waals surface area contributed by atoms with Crippen LogP contribution in [0.25, 0.3) is 0 Å². The largest absolute Gasteiger partial charge is 0.496 e. The standard InChI is InChI=1S/C25H26N2O4S/c1-16-7-5-8-17(2)24(16)27-22(28)15-32-19-13-11-18(12-14-19)26-25(29)23-20(30-3)9-6-10-21(23)31-4/h5-14H,15H2,1-4H3,(H,26,29)(H,27,28). The first kappa shape index (κ1) is 23.2. The van der Waals surface area contributed by atoms with Crippen LogP contribution >= 0.6 is 11.8 Å². The Morgan fingerprint density at radius 2 is 1.38 bits per heavy atom. The molecule has 0 saturated carbocycles. The highest BCUT2D eigenvalue weighted by molar-refractivity contribution is 8.00. The Balaban J connectivity index is 1.60. The molecule has 32 heavy (non-hydrogen) atoms. The van der Waals surface area contributed by atoms with Crippen LogP contribution in [0.5, 0.6) is 11.5 Å². The Labute approximate surface area is 192 Å². The number of rotatable bonds is 8. The number of para-hydroxylation sites is 1. The Morgan fingerprint density at radius 3 is 1.94 bits per heavy atom. The van der Waals surface area contributed by atoms with E-state index in [1.54, 1.807) is 30.3 Å². The van der Waals surface area contributed by atoms with Crippen LogP contribution in [0.4, 0.5) is 11.4 Å². The van der Waals surface area contributed by atoms with Gasteiger partial charge in [0, 0.05) is 16.3 Å². The van der Waals surface area contributed by atoms with Crippen LogP contribution in [-0.4, -0.2) is 31.8 Å². The van der Waals surface area contributed by atoms with Gasteiger partial charge in [0.2, 0.25) is 5.91 Å². The van der Waals surface area contributed by atoms with E-state index in [4.69, 9.17) is 9.47 Å². The number of thioether (sulfide) groups is 1. The normalized spacial score (nSPS) is 10.4. The minimum Gasteiger partial charge on any atom is -0.496 e. The third-order valence-electron chi connectivity index (χ3n) is 4.88. The minimum absolute atomic E-state index is 0.0620. The Morgan fingerprint density at radius 1 is 0.812 bits per heavy atom. The van der Waals surface area contributed by atoms with Crippen LogP contribution in [0.3, 0.4) is 0 Å². The van der Waals surface area contributed by atoms with Crippen molar-refractivity contribution < 1.29 is 19.1 Å². The molecule has 0 saturated heterocycles. The van der Waals surface area contributed by atoms with Gasteiger partial charge < -0.3 is 20.1 Å². The first-order chi connectivity index (χ1) is 15.4. The molecule has 0 aromatic heterocycles. The van der Waals surface area contributed by atoms with Crippen molar-refractivity contribution in [3.8, 4) is 11.5 Å². The van der Waals surface area contributed by atoms with E-state index in [-0.39, 0.29) is 17.6 Å². The molecule has 0 atom stereocenters. The summed E-state index contributed by atoms with van der Waals surface area (Å²) in [6.45, 7) is 3.95. The second-order valence-electron chi connectivity index (χ2n) is 7.12. The Hall–Kier alpha value is -3.45. The van der Waals surface area contributed by atoms with Gasteiger partial charge in [0.05, 0.1) is 20.0 Å². The summed E-state index contributed by atoms with van der Waals surface area (Å²) in [7, 11) is 3.02. The molecule has 2 amide bonds. The van der Waals surface area contributed by atoms with Crippen LogP contribution in [-0.2, 0) is 4.79 Å². The van der Waals surface area contributed by atoms with Gasteiger partial charge in [-0.05, 0) is 61.4 Å². The topological polar surface area (TPSA) is 76.7 Å². The fraction of sp³-hybridized carbons (Fsp3) is 0.200. The number of aryl methyl sites for hydroxylation is 2. The van der Waals surface area contributed by atoms with Gasteiger partial charge in [0.1, 0.15) is 17.1 Å². The molecule has 6 nitrogen and oxygen atoms in total. The molecule has 3 aromatic rings. The number of amides is 2. The first-order valence-corrected chi connectivity index (χ1v) is 11.0. The van der Waals surface area contributed by atoms with Crippen LogP contribution in [0.1, 0.15) is 21.5 Å². The van der Waals surface area contributed by atoms with Crippen molar-refractivity contribution in [1.82, 2.24) is 0 Å². The van der Waals surface area contributed by atoms with E-state index in [0.29, 0.717) is 22.7 Å².